The number of amides is 1. The van der Waals surface area contributed by atoms with Crippen molar-refractivity contribution in [3.8, 4) is 11.9 Å². The number of carbonyl (C=O) groups excluding carboxylic acids is 1. The highest BCUT2D eigenvalue weighted by molar-refractivity contribution is 8.13. The van der Waals surface area contributed by atoms with Crippen molar-refractivity contribution in [3.63, 3.8) is 0 Å². The van der Waals surface area contributed by atoms with E-state index in [4.69, 9.17) is 14.7 Å². The Balaban J connectivity index is 1.90. The Bertz CT molecular complexity index is 692. The average Bonchev–Trinajstić information content (AvgIpc) is 3.03. The fraction of sp³-hybridized carbons (Fsp3) is 0.500. The molecule has 8 heteroatoms. The van der Waals surface area contributed by atoms with Crippen LogP contribution in [0.5, 0.6) is 5.75 Å². The number of amidine groups is 1. The average molecular weight is 376 g/mol. The van der Waals surface area contributed by atoms with Crippen LogP contribution in [0.2, 0.25) is 0 Å². The van der Waals surface area contributed by atoms with E-state index >= 15 is 0 Å². The lowest BCUT2D eigenvalue weighted by Crippen LogP contribution is -2.36. The summed E-state index contributed by atoms with van der Waals surface area (Å²) in [5.74, 6) is 0.721. The minimum atomic E-state index is -0.498. The molecule has 1 aromatic rings. The summed E-state index contributed by atoms with van der Waals surface area (Å²) in [6.45, 7) is 6.70. The molecule has 0 aliphatic carbocycles. The van der Waals surface area contributed by atoms with Gasteiger partial charge in [-0.25, -0.2) is 9.79 Å². The van der Waals surface area contributed by atoms with Crippen LogP contribution in [0.15, 0.2) is 29.3 Å². The molecule has 1 saturated heterocycles. The standard InChI is InChI=1S/C18H24N4O3S/c1-18(2,3)25-17(23)22-10-9-15(11-22)24-14-7-5-13(6-8-14)21-16(26-4)20-12-19/h5-8,15H,9-11H2,1-4H3,(H,20,21). The Kier molecular flexibility index (Phi) is 6.75. The van der Waals surface area contributed by atoms with Crippen molar-refractivity contribution in [2.24, 2.45) is 4.99 Å². The lowest BCUT2D eigenvalue weighted by molar-refractivity contribution is 0.0275. The summed E-state index contributed by atoms with van der Waals surface area (Å²) in [7, 11) is 0. The van der Waals surface area contributed by atoms with Gasteiger partial charge in [-0.05, 0) is 51.3 Å². The zero-order valence-corrected chi connectivity index (χ0v) is 16.3. The Morgan fingerprint density at radius 2 is 2.08 bits per heavy atom. The summed E-state index contributed by atoms with van der Waals surface area (Å²) >= 11 is 1.36. The van der Waals surface area contributed by atoms with E-state index < -0.39 is 5.60 Å². The number of ether oxygens (including phenoxy) is 2. The number of carbonyl (C=O) groups is 1. The molecule has 1 amide bonds. The first-order valence-electron chi connectivity index (χ1n) is 8.33. The van der Waals surface area contributed by atoms with Crippen LogP contribution in [-0.2, 0) is 4.74 Å². The predicted octanol–water partition coefficient (Wildman–Crippen LogP) is 3.50. The van der Waals surface area contributed by atoms with Gasteiger partial charge >= 0.3 is 6.09 Å². The third-order valence-electron chi connectivity index (χ3n) is 3.52. The van der Waals surface area contributed by atoms with Gasteiger partial charge in [-0.3, -0.25) is 5.32 Å². The zero-order chi connectivity index (χ0) is 19.2. The minimum Gasteiger partial charge on any atom is -0.489 e. The van der Waals surface area contributed by atoms with E-state index in [9.17, 15) is 4.79 Å². The van der Waals surface area contributed by atoms with Gasteiger partial charge in [0.15, 0.2) is 11.4 Å². The molecule has 2 rings (SSSR count). The first-order chi connectivity index (χ1) is 12.3. The van der Waals surface area contributed by atoms with Crippen molar-refractivity contribution in [3.05, 3.63) is 24.3 Å². The van der Waals surface area contributed by atoms with E-state index in [-0.39, 0.29) is 12.2 Å². The highest BCUT2D eigenvalue weighted by Gasteiger charge is 2.30. The summed E-state index contributed by atoms with van der Waals surface area (Å²) < 4.78 is 11.3. The molecular formula is C18H24N4O3S. The maximum atomic E-state index is 12.1. The molecule has 1 aliphatic heterocycles. The second kappa shape index (κ2) is 8.81. The molecule has 1 aliphatic rings. The van der Waals surface area contributed by atoms with Crippen LogP contribution in [-0.4, -0.2) is 47.2 Å². The second-order valence-electron chi connectivity index (χ2n) is 6.81. The third kappa shape index (κ3) is 6.15. The fourth-order valence-electron chi connectivity index (χ4n) is 2.40. The Morgan fingerprint density at radius 3 is 2.65 bits per heavy atom. The number of hydrogen-bond acceptors (Lipinski definition) is 6. The number of nitrogens with one attached hydrogen (secondary N) is 1. The van der Waals surface area contributed by atoms with Crippen LogP contribution in [0.3, 0.4) is 0 Å². The Labute approximate surface area is 158 Å². The highest BCUT2D eigenvalue weighted by Crippen LogP contribution is 2.23. The van der Waals surface area contributed by atoms with Crippen molar-refractivity contribution < 1.29 is 14.3 Å². The van der Waals surface area contributed by atoms with E-state index in [1.54, 1.807) is 4.90 Å². The predicted molar refractivity (Wildman–Crippen MR) is 103 cm³/mol. The monoisotopic (exact) mass is 376 g/mol. The number of hydrogen-bond donors (Lipinski definition) is 1. The molecule has 1 atom stereocenters. The minimum absolute atomic E-state index is 0.0566. The maximum Gasteiger partial charge on any atom is 0.410 e. The van der Waals surface area contributed by atoms with Crippen molar-refractivity contribution in [2.75, 3.05) is 19.3 Å². The van der Waals surface area contributed by atoms with E-state index in [0.717, 1.165) is 17.9 Å². The third-order valence-corrected chi connectivity index (χ3v) is 4.10. The van der Waals surface area contributed by atoms with Gasteiger partial charge in [0.2, 0.25) is 0 Å². The molecule has 0 saturated carbocycles. The van der Waals surface area contributed by atoms with Gasteiger partial charge in [-0.15, -0.1) is 0 Å². The largest absolute Gasteiger partial charge is 0.489 e. The molecule has 1 fully saturated rings. The van der Waals surface area contributed by atoms with E-state index in [0.29, 0.717) is 18.3 Å². The van der Waals surface area contributed by atoms with Crippen molar-refractivity contribution in [1.29, 1.82) is 5.26 Å². The highest BCUT2D eigenvalue weighted by atomic mass is 32.2. The van der Waals surface area contributed by atoms with Crippen LogP contribution in [0, 0.1) is 11.5 Å². The van der Waals surface area contributed by atoms with Crippen molar-refractivity contribution in [2.45, 2.75) is 38.9 Å². The summed E-state index contributed by atoms with van der Waals surface area (Å²) in [6.07, 6.45) is 4.11. The molecule has 140 valence electrons. The first kappa shape index (κ1) is 19.9. The molecule has 1 aromatic carbocycles. The maximum absolute atomic E-state index is 12.1. The molecule has 0 radical (unpaired) electrons. The molecule has 1 N–H and O–H groups in total. The van der Waals surface area contributed by atoms with Gasteiger partial charge < -0.3 is 14.4 Å². The molecule has 0 spiro atoms. The zero-order valence-electron chi connectivity index (χ0n) is 15.5. The van der Waals surface area contributed by atoms with Gasteiger partial charge in [-0.2, -0.15) is 5.26 Å². The quantitative estimate of drug-likeness (QED) is 0.376. The first-order valence-corrected chi connectivity index (χ1v) is 9.55. The van der Waals surface area contributed by atoms with E-state index in [2.05, 4.69) is 10.3 Å². The van der Waals surface area contributed by atoms with Crippen LogP contribution in [0.4, 0.5) is 10.5 Å². The van der Waals surface area contributed by atoms with Crippen LogP contribution < -0.4 is 10.1 Å². The Hall–Kier alpha value is -2.40. The molecule has 1 unspecified atom stereocenters. The van der Waals surface area contributed by atoms with Gasteiger partial charge in [0.05, 0.1) is 12.2 Å². The molecule has 7 nitrogen and oxygen atoms in total. The van der Waals surface area contributed by atoms with Crippen LogP contribution >= 0.6 is 11.8 Å². The topological polar surface area (TPSA) is 86.9 Å². The number of nitrogens with zero attached hydrogens (tertiary/aromatic N) is 3. The normalized spacial score (nSPS) is 17.6. The van der Waals surface area contributed by atoms with Gasteiger partial charge in [-0.1, -0.05) is 11.8 Å². The second-order valence-corrected chi connectivity index (χ2v) is 7.60. The molecule has 0 bridgehead atoms. The molecule has 26 heavy (non-hydrogen) atoms. The lowest BCUT2D eigenvalue weighted by Gasteiger charge is -2.24. The van der Waals surface area contributed by atoms with Crippen LogP contribution in [0.25, 0.3) is 0 Å². The van der Waals surface area contributed by atoms with E-state index in [1.807, 2.05) is 57.5 Å². The Morgan fingerprint density at radius 1 is 1.38 bits per heavy atom. The number of rotatable bonds is 3. The molecule has 0 aromatic heterocycles. The number of thioether (sulfide) groups is 1. The fourth-order valence-corrected chi connectivity index (χ4v) is 2.74. The number of benzene rings is 1. The van der Waals surface area contributed by atoms with Crippen molar-refractivity contribution >= 4 is 28.7 Å². The number of likely N-dealkylation sites (tertiary alicyclic amines) is 1. The van der Waals surface area contributed by atoms with Gasteiger partial charge in [0, 0.05) is 13.0 Å². The SMILES string of the molecule is CSC(=Nc1ccc(OC2CCN(C(=O)OC(C)(C)C)C2)cc1)NC#N. The molecular weight excluding hydrogens is 352 g/mol. The number of aliphatic imine (C=N–C) groups is 1. The summed E-state index contributed by atoms with van der Waals surface area (Å²) in [4.78, 5) is 18.1. The van der Waals surface area contributed by atoms with Gasteiger partial charge in [0.25, 0.3) is 0 Å². The van der Waals surface area contributed by atoms with Crippen LogP contribution in [0.1, 0.15) is 27.2 Å². The summed E-state index contributed by atoms with van der Waals surface area (Å²) in [5, 5.41) is 11.7. The van der Waals surface area contributed by atoms with E-state index in [1.165, 1.54) is 11.8 Å². The lowest BCUT2D eigenvalue weighted by atomic mass is 10.2. The number of nitriles is 1. The summed E-state index contributed by atoms with van der Waals surface area (Å²) in [6, 6.07) is 7.31. The smallest absolute Gasteiger partial charge is 0.410 e. The van der Waals surface area contributed by atoms with Crippen molar-refractivity contribution in [1.82, 2.24) is 10.2 Å². The molecule has 1 heterocycles. The summed E-state index contributed by atoms with van der Waals surface area (Å²) in [5.41, 5.74) is 0.230. The van der Waals surface area contributed by atoms with Gasteiger partial charge in [0.1, 0.15) is 17.5 Å².